The standard InChI is InChI=1S/C19H16N2O2S/c1-12-13(2)24-19(20-12)21-18(23)16-10-8-15(9-11-16)17(22)14-6-4-3-5-7-14/h3-11H,1-2H3,(H,20,21,23). The molecule has 0 radical (unpaired) electrons. The van der Waals surface area contributed by atoms with Crippen molar-refractivity contribution < 1.29 is 9.59 Å². The van der Waals surface area contributed by atoms with Crippen LogP contribution in [0.4, 0.5) is 5.13 Å². The Balaban J connectivity index is 1.74. The summed E-state index contributed by atoms with van der Waals surface area (Å²) in [5.41, 5.74) is 2.59. The summed E-state index contributed by atoms with van der Waals surface area (Å²) in [6.07, 6.45) is 0. The highest BCUT2D eigenvalue weighted by molar-refractivity contribution is 7.15. The number of hydrogen-bond donors (Lipinski definition) is 1. The molecule has 1 N–H and O–H groups in total. The summed E-state index contributed by atoms with van der Waals surface area (Å²) >= 11 is 1.45. The number of anilines is 1. The lowest BCUT2D eigenvalue weighted by Crippen LogP contribution is -2.12. The molecule has 2 aromatic carbocycles. The number of rotatable bonds is 4. The van der Waals surface area contributed by atoms with E-state index >= 15 is 0 Å². The Bertz CT molecular complexity index is 864. The Labute approximate surface area is 144 Å². The molecule has 1 amide bonds. The number of nitrogens with zero attached hydrogens (tertiary/aromatic N) is 1. The molecule has 0 aliphatic rings. The first-order valence-electron chi connectivity index (χ1n) is 7.50. The Morgan fingerprint density at radius 1 is 0.875 bits per heavy atom. The third-order valence-electron chi connectivity index (χ3n) is 3.69. The van der Waals surface area contributed by atoms with Crippen molar-refractivity contribution in [1.82, 2.24) is 4.98 Å². The van der Waals surface area contributed by atoms with Crippen LogP contribution in [0.3, 0.4) is 0 Å². The molecular formula is C19H16N2O2S. The monoisotopic (exact) mass is 336 g/mol. The minimum Gasteiger partial charge on any atom is -0.298 e. The number of amides is 1. The fraction of sp³-hybridized carbons (Fsp3) is 0.105. The predicted molar refractivity (Wildman–Crippen MR) is 95.9 cm³/mol. The van der Waals surface area contributed by atoms with Gasteiger partial charge in [0.2, 0.25) is 0 Å². The first-order valence-corrected chi connectivity index (χ1v) is 8.31. The summed E-state index contributed by atoms with van der Waals surface area (Å²) in [5.74, 6) is -0.295. The number of ketones is 1. The van der Waals surface area contributed by atoms with Gasteiger partial charge in [0.25, 0.3) is 5.91 Å². The van der Waals surface area contributed by atoms with Crippen LogP contribution < -0.4 is 5.32 Å². The van der Waals surface area contributed by atoms with Gasteiger partial charge in [-0.25, -0.2) is 4.98 Å². The molecule has 3 rings (SSSR count). The van der Waals surface area contributed by atoms with Crippen molar-refractivity contribution in [2.24, 2.45) is 0 Å². The van der Waals surface area contributed by atoms with Gasteiger partial charge in [-0.1, -0.05) is 42.5 Å². The summed E-state index contributed by atoms with van der Waals surface area (Å²) in [4.78, 5) is 30.0. The van der Waals surface area contributed by atoms with Crippen LogP contribution in [-0.4, -0.2) is 16.7 Å². The van der Waals surface area contributed by atoms with Gasteiger partial charge in [0.05, 0.1) is 5.69 Å². The van der Waals surface area contributed by atoms with Gasteiger partial charge in [-0.15, -0.1) is 11.3 Å². The zero-order valence-corrected chi connectivity index (χ0v) is 14.2. The molecule has 0 spiro atoms. The normalized spacial score (nSPS) is 10.4. The summed E-state index contributed by atoms with van der Waals surface area (Å²) in [6.45, 7) is 3.87. The van der Waals surface area contributed by atoms with Crippen LogP contribution in [0.1, 0.15) is 36.9 Å². The number of carbonyl (C=O) groups is 2. The van der Waals surface area contributed by atoms with Gasteiger partial charge >= 0.3 is 0 Å². The van der Waals surface area contributed by atoms with Crippen LogP contribution in [0.5, 0.6) is 0 Å². The summed E-state index contributed by atoms with van der Waals surface area (Å²) in [7, 11) is 0. The molecule has 0 bridgehead atoms. The van der Waals surface area contributed by atoms with E-state index in [4.69, 9.17) is 0 Å². The second-order valence-corrected chi connectivity index (χ2v) is 6.59. The van der Waals surface area contributed by atoms with E-state index in [9.17, 15) is 9.59 Å². The number of nitrogens with one attached hydrogen (secondary N) is 1. The number of benzene rings is 2. The van der Waals surface area contributed by atoms with Crippen LogP contribution in [0, 0.1) is 13.8 Å². The SMILES string of the molecule is Cc1nc(NC(=O)c2ccc(C(=O)c3ccccc3)cc2)sc1C. The number of aromatic nitrogens is 1. The largest absolute Gasteiger partial charge is 0.298 e. The average molecular weight is 336 g/mol. The maximum absolute atomic E-state index is 12.3. The van der Waals surface area contributed by atoms with E-state index in [2.05, 4.69) is 10.3 Å². The minimum atomic E-state index is -0.234. The zero-order chi connectivity index (χ0) is 17.1. The second kappa shape index (κ2) is 6.76. The van der Waals surface area contributed by atoms with E-state index in [0.29, 0.717) is 21.8 Å². The van der Waals surface area contributed by atoms with E-state index in [1.165, 1.54) is 11.3 Å². The number of thiazole rings is 1. The molecule has 0 unspecified atom stereocenters. The molecule has 0 aliphatic heterocycles. The zero-order valence-electron chi connectivity index (χ0n) is 13.4. The van der Waals surface area contributed by atoms with Crippen molar-refractivity contribution in [2.75, 3.05) is 5.32 Å². The van der Waals surface area contributed by atoms with Crippen LogP contribution in [0.25, 0.3) is 0 Å². The van der Waals surface area contributed by atoms with Crippen molar-refractivity contribution in [3.05, 3.63) is 81.9 Å². The summed E-state index contributed by atoms with van der Waals surface area (Å²) < 4.78 is 0. The van der Waals surface area contributed by atoms with Gasteiger partial charge in [0.1, 0.15) is 0 Å². The van der Waals surface area contributed by atoms with Crippen molar-refractivity contribution >= 4 is 28.2 Å². The highest BCUT2D eigenvalue weighted by Gasteiger charge is 2.12. The fourth-order valence-electron chi connectivity index (χ4n) is 2.22. The lowest BCUT2D eigenvalue weighted by atomic mass is 10.0. The Morgan fingerprint density at radius 3 is 2.04 bits per heavy atom. The number of carbonyl (C=O) groups excluding carboxylic acids is 2. The first kappa shape index (κ1) is 16.1. The minimum absolute atomic E-state index is 0.0614. The molecule has 0 fully saturated rings. The molecule has 0 atom stereocenters. The first-order chi connectivity index (χ1) is 11.5. The summed E-state index contributed by atoms with van der Waals surface area (Å²) in [6, 6.07) is 15.7. The van der Waals surface area contributed by atoms with Crippen molar-refractivity contribution in [2.45, 2.75) is 13.8 Å². The van der Waals surface area contributed by atoms with Crippen LogP contribution in [-0.2, 0) is 0 Å². The topological polar surface area (TPSA) is 59.1 Å². The highest BCUT2D eigenvalue weighted by atomic mass is 32.1. The molecule has 24 heavy (non-hydrogen) atoms. The maximum atomic E-state index is 12.3. The predicted octanol–water partition coefficient (Wildman–Crippen LogP) is 4.24. The van der Waals surface area contributed by atoms with Crippen LogP contribution in [0.15, 0.2) is 54.6 Å². The van der Waals surface area contributed by atoms with Gasteiger partial charge < -0.3 is 0 Å². The molecule has 3 aromatic rings. The molecule has 0 saturated carbocycles. The van der Waals surface area contributed by atoms with Gasteiger partial charge in [0, 0.05) is 21.6 Å². The van der Waals surface area contributed by atoms with E-state index < -0.39 is 0 Å². The van der Waals surface area contributed by atoms with E-state index in [1.807, 2.05) is 32.0 Å². The molecule has 0 saturated heterocycles. The maximum Gasteiger partial charge on any atom is 0.257 e. The van der Waals surface area contributed by atoms with Crippen molar-refractivity contribution in [1.29, 1.82) is 0 Å². The van der Waals surface area contributed by atoms with Crippen molar-refractivity contribution in [3.8, 4) is 0 Å². The number of hydrogen-bond acceptors (Lipinski definition) is 4. The average Bonchev–Trinajstić information content (AvgIpc) is 2.92. The number of aryl methyl sites for hydroxylation is 2. The van der Waals surface area contributed by atoms with Gasteiger partial charge in [-0.3, -0.25) is 14.9 Å². The summed E-state index contributed by atoms with van der Waals surface area (Å²) in [5, 5.41) is 3.37. The fourth-order valence-corrected chi connectivity index (χ4v) is 3.03. The lowest BCUT2D eigenvalue weighted by molar-refractivity contribution is 0.102. The van der Waals surface area contributed by atoms with Gasteiger partial charge in [-0.2, -0.15) is 0 Å². The smallest absolute Gasteiger partial charge is 0.257 e. The Hall–Kier alpha value is -2.79. The quantitative estimate of drug-likeness (QED) is 0.725. The third kappa shape index (κ3) is 3.41. The van der Waals surface area contributed by atoms with Crippen LogP contribution in [0.2, 0.25) is 0 Å². The van der Waals surface area contributed by atoms with E-state index in [1.54, 1.807) is 36.4 Å². The van der Waals surface area contributed by atoms with E-state index in [-0.39, 0.29) is 11.7 Å². The molecular weight excluding hydrogens is 320 g/mol. The Morgan fingerprint density at radius 2 is 1.46 bits per heavy atom. The Kier molecular flexibility index (Phi) is 4.53. The van der Waals surface area contributed by atoms with Crippen molar-refractivity contribution in [3.63, 3.8) is 0 Å². The highest BCUT2D eigenvalue weighted by Crippen LogP contribution is 2.21. The lowest BCUT2D eigenvalue weighted by Gasteiger charge is -2.04. The molecule has 120 valence electrons. The molecule has 5 heteroatoms. The molecule has 4 nitrogen and oxygen atoms in total. The van der Waals surface area contributed by atoms with Gasteiger partial charge in [0.15, 0.2) is 10.9 Å². The van der Waals surface area contributed by atoms with Crippen LogP contribution >= 0.6 is 11.3 Å². The van der Waals surface area contributed by atoms with Gasteiger partial charge in [-0.05, 0) is 26.0 Å². The molecule has 1 aromatic heterocycles. The van der Waals surface area contributed by atoms with E-state index in [0.717, 1.165) is 10.6 Å². The third-order valence-corrected chi connectivity index (χ3v) is 4.68. The molecule has 0 aliphatic carbocycles. The second-order valence-electron chi connectivity index (χ2n) is 5.39. The molecule has 1 heterocycles.